The average Bonchev–Trinajstić information content (AvgIpc) is 3.21. The van der Waals surface area contributed by atoms with Gasteiger partial charge in [-0.2, -0.15) is 0 Å². The van der Waals surface area contributed by atoms with E-state index in [1.807, 2.05) is 24.4 Å². The first-order valence-corrected chi connectivity index (χ1v) is 12.3. The van der Waals surface area contributed by atoms with Gasteiger partial charge in [-0.15, -0.1) is 0 Å². The van der Waals surface area contributed by atoms with E-state index in [9.17, 15) is 19.5 Å². The predicted molar refractivity (Wildman–Crippen MR) is 105 cm³/mol. The van der Waals surface area contributed by atoms with Gasteiger partial charge in [0.1, 0.15) is 0 Å². The number of phosphoric ester groups is 1. The first-order chi connectivity index (χ1) is 14.3. The molecular formula is C22H25N2Na2O5P. The van der Waals surface area contributed by atoms with Gasteiger partial charge < -0.3 is 28.5 Å². The van der Waals surface area contributed by atoms with E-state index in [0.717, 1.165) is 36.1 Å². The summed E-state index contributed by atoms with van der Waals surface area (Å²) in [6, 6.07) is 7.94. The molecule has 7 rings (SSSR count). The number of hydrogen-bond donors (Lipinski definition) is 1. The van der Waals surface area contributed by atoms with Crippen molar-refractivity contribution >= 4 is 7.82 Å². The third kappa shape index (κ3) is 4.42. The van der Waals surface area contributed by atoms with Crippen LogP contribution in [0.3, 0.4) is 0 Å². The van der Waals surface area contributed by atoms with Gasteiger partial charge in [0.25, 0.3) is 0 Å². The Morgan fingerprint density at radius 1 is 1.19 bits per heavy atom. The Balaban J connectivity index is 0.00000122. The van der Waals surface area contributed by atoms with E-state index in [-0.39, 0.29) is 82.9 Å². The molecule has 32 heavy (non-hydrogen) atoms. The number of hydrogen-bond acceptors (Lipinski definition) is 6. The molecule has 160 valence electrons. The zero-order chi connectivity index (χ0) is 20.7. The van der Waals surface area contributed by atoms with Crippen LogP contribution in [-0.2, 0) is 9.09 Å². The van der Waals surface area contributed by atoms with Crippen molar-refractivity contribution in [2.75, 3.05) is 0 Å². The fourth-order valence-electron chi connectivity index (χ4n) is 7.46. The van der Waals surface area contributed by atoms with E-state index in [2.05, 4.69) is 15.6 Å². The largest absolute Gasteiger partial charge is 1.00 e. The summed E-state index contributed by atoms with van der Waals surface area (Å²) >= 11 is 0. The number of aromatic nitrogens is 2. The molecule has 2 aromatic rings. The van der Waals surface area contributed by atoms with E-state index >= 15 is 0 Å². The van der Waals surface area contributed by atoms with Crippen LogP contribution in [0.25, 0.3) is 11.3 Å². The summed E-state index contributed by atoms with van der Waals surface area (Å²) < 4.78 is 19.1. The molecule has 4 atom stereocenters. The molecule has 1 aromatic heterocycles. The van der Waals surface area contributed by atoms with E-state index in [1.54, 1.807) is 6.33 Å². The molecule has 1 N–H and O–H groups in total. The van der Waals surface area contributed by atoms with Crippen LogP contribution in [0.2, 0.25) is 0 Å². The molecule has 4 unspecified atom stereocenters. The minimum Gasteiger partial charge on any atom is -0.790 e. The summed E-state index contributed by atoms with van der Waals surface area (Å²) in [5.74, 6) is 0.898. The SMILES string of the molecule is O=P([O-])([O-])OC(CC1c2ccccc2-c2cncn21)C1C2CC3CC1CC(O)(C3)C2.[Na+].[Na+]. The monoisotopic (exact) mass is 474 g/mol. The summed E-state index contributed by atoms with van der Waals surface area (Å²) in [7, 11) is -5.15. The number of aliphatic hydroxyl groups is 1. The van der Waals surface area contributed by atoms with Gasteiger partial charge in [-0.1, -0.05) is 24.3 Å². The number of nitrogens with zero attached hydrogens (tertiary/aromatic N) is 2. The summed E-state index contributed by atoms with van der Waals surface area (Å²) in [4.78, 5) is 27.8. The van der Waals surface area contributed by atoms with Gasteiger partial charge in [0, 0.05) is 5.56 Å². The molecule has 0 spiro atoms. The molecule has 0 radical (unpaired) electrons. The van der Waals surface area contributed by atoms with Gasteiger partial charge in [-0.25, -0.2) is 4.98 Å². The Morgan fingerprint density at radius 3 is 2.53 bits per heavy atom. The summed E-state index contributed by atoms with van der Waals surface area (Å²) in [5.41, 5.74) is 2.58. The number of phosphoric acid groups is 1. The second-order valence-electron chi connectivity index (χ2n) is 9.89. The van der Waals surface area contributed by atoms with Crippen LogP contribution in [0.4, 0.5) is 0 Å². The van der Waals surface area contributed by atoms with Gasteiger partial charge in [0.05, 0.1) is 43.8 Å². The fourth-order valence-corrected chi connectivity index (χ4v) is 8.02. The van der Waals surface area contributed by atoms with Crippen molar-refractivity contribution in [2.45, 2.75) is 56.3 Å². The van der Waals surface area contributed by atoms with Gasteiger partial charge in [0.15, 0.2) is 0 Å². The second-order valence-corrected chi connectivity index (χ2v) is 11.0. The van der Waals surface area contributed by atoms with Crippen LogP contribution in [-0.4, -0.2) is 26.4 Å². The first-order valence-electron chi connectivity index (χ1n) is 10.8. The molecule has 4 saturated carbocycles. The van der Waals surface area contributed by atoms with Crippen molar-refractivity contribution in [3.8, 4) is 11.3 Å². The minimum absolute atomic E-state index is 0. The van der Waals surface area contributed by atoms with Crippen LogP contribution < -0.4 is 68.9 Å². The Bertz CT molecular complexity index is 1030. The normalized spacial score (nSPS) is 34.9. The number of fused-ring (bicyclic) bond motifs is 3. The Morgan fingerprint density at radius 2 is 1.88 bits per heavy atom. The van der Waals surface area contributed by atoms with Crippen LogP contribution in [0.1, 0.15) is 50.1 Å². The zero-order valence-electron chi connectivity index (χ0n) is 18.6. The van der Waals surface area contributed by atoms with Crippen LogP contribution >= 0.6 is 7.82 Å². The maximum absolute atomic E-state index is 11.7. The van der Waals surface area contributed by atoms with Crippen LogP contribution in [0, 0.1) is 23.7 Å². The molecule has 7 nitrogen and oxygen atoms in total. The topological polar surface area (TPSA) is 110 Å². The maximum atomic E-state index is 11.7. The summed E-state index contributed by atoms with van der Waals surface area (Å²) in [5, 5.41) is 10.9. The van der Waals surface area contributed by atoms with Gasteiger partial charge in [-0.05, 0) is 67.8 Å². The maximum Gasteiger partial charge on any atom is 1.00 e. The first kappa shape index (κ1) is 25.6. The van der Waals surface area contributed by atoms with E-state index in [0.29, 0.717) is 25.2 Å². The van der Waals surface area contributed by atoms with E-state index in [4.69, 9.17) is 4.52 Å². The Hall–Kier alpha value is 0.500. The summed E-state index contributed by atoms with van der Waals surface area (Å²) in [6.07, 6.45) is 7.52. The molecular weight excluding hydrogens is 449 g/mol. The molecule has 4 bridgehead atoms. The van der Waals surface area contributed by atoms with E-state index in [1.165, 1.54) is 0 Å². The smallest absolute Gasteiger partial charge is 0.790 e. The average molecular weight is 474 g/mol. The Kier molecular flexibility index (Phi) is 7.34. The molecule has 1 aliphatic heterocycles. The molecule has 0 saturated heterocycles. The molecule has 4 fully saturated rings. The Labute approximate surface area is 232 Å². The molecule has 2 heterocycles. The third-order valence-electron chi connectivity index (χ3n) is 8.06. The molecule has 4 aliphatic carbocycles. The van der Waals surface area contributed by atoms with Crippen molar-refractivity contribution < 1.29 is 83.1 Å². The van der Waals surface area contributed by atoms with Crippen molar-refractivity contribution in [2.24, 2.45) is 23.7 Å². The molecule has 1 aromatic carbocycles. The summed E-state index contributed by atoms with van der Waals surface area (Å²) in [6.45, 7) is 0. The predicted octanol–water partition coefficient (Wildman–Crippen LogP) is -3.75. The number of imidazole rings is 1. The van der Waals surface area contributed by atoms with Gasteiger partial charge in [0.2, 0.25) is 0 Å². The standard InChI is InChI=1S/C22H27N2O5P.2Na/c25-22-8-13-5-14(9-22)21(15(6-13)10-22)20(29-30(26,27)28)7-18-16-3-1-2-4-17(16)19-11-23-12-24(18)19;;/h1-4,11-15,18,20-21,25H,5-10H2,(H2,26,27,28);;/q;2*+1/p-2. The number of rotatable bonds is 5. The van der Waals surface area contributed by atoms with Crippen molar-refractivity contribution in [3.05, 3.63) is 42.4 Å². The molecule has 0 amide bonds. The van der Waals surface area contributed by atoms with Crippen molar-refractivity contribution in [1.29, 1.82) is 0 Å². The molecule has 5 aliphatic rings. The molecule has 10 heteroatoms. The third-order valence-corrected chi connectivity index (χ3v) is 8.59. The number of benzene rings is 1. The van der Waals surface area contributed by atoms with Gasteiger partial charge in [-0.3, -0.25) is 0 Å². The van der Waals surface area contributed by atoms with Gasteiger partial charge >= 0.3 is 59.1 Å². The van der Waals surface area contributed by atoms with Crippen molar-refractivity contribution in [3.63, 3.8) is 0 Å². The van der Waals surface area contributed by atoms with Crippen molar-refractivity contribution in [1.82, 2.24) is 9.55 Å². The van der Waals surface area contributed by atoms with Crippen LogP contribution in [0.15, 0.2) is 36.8 Å². The quantitative estimate of drug-likeness (QED) is 0.352. The zero-order valence-corrected chi connectivity index (χ0v) is 23.5. The van der Waals surface area contributed by atoms with E-state index < -0.39 is 19.5 Å². The fraction of sp³-hybridized carbons (Fsp3) is 0.591. The minimum atomic E-state index is -5.15. The van der Waals surface area contributed by atoms with Crippen LogP contribution in [0.5, 0.6) is 0 Å². The second kappa shape index (κ2) is 9.18.